The molecule has 0 aromatic carbocycles. The second-order valence-corrected chi connectivity index (χ2v) is 4.30. The van der Waals surface area contributed by atoms with Crippen LogP contribution in [-0.4, -0.2) is 42.2 Å². The van der Waals surface area contributed by atoms with Crippen molar-refractivity contribution in [3.63, 3.8) is 0 Å². The van der Waals surface area contributed by atoms with E-state index in [2.05, 4.69) is 5.32 Å². The molecule has 1 aliphatic heterocycles. The number of carbonyl (C=O) groups is 1. The van der Waals surface area contributed by atoms with Crippen molar-refractivity contribution in [3.8, 4) is 0 Å². The van der Waals surface area contributed by atoms with Crippen molar-refractivity contribution in [1.82, 2.24) is 10.2 Å². The maximum absolute atomic E-state index is 12.3. The van der Waals surface area contributed by atoms with Crippen LogP contribution in [0.4, 0.5) is 13.2 Å². The summed E-state index contributed by atoms with van der Waals surface area (Å²) in [4.78, 5) is 12.1. The molecule has 0 bridgehead atoms. The summed E-state index contributed by atoms with van der Waals surface area (Å²) in [5.74, 6) is -1.74. The third-order valence-corrected chi connectivity index (χ3v) is 2.51. The number of alkyl halides is 3. The monoisotopic (exact) mass is 224 g/mol. The van der Waals surface area contributed by atoms with E-state index in [4.69, 9.17) is 0 Å². The number of nitrogens with one attached hydrogen (secondary N) is 1. The van der Waals surface area contributed by atoms with E-state index in [-0.39, 0.29) is 6.54 Å². The van der Waals surface area contributed by atoms with Crippen LogP contribution in [0.5, 0.6) is 0 Å². The zero-order valence-electron chi connectivity index (χ0n) is 8.82. The van der Waals surface area contributed by atoms with E-state index in [1.54, 1.807) is 13.8 Å². The molecule has 0 atom stereocenters. The summed E-state index contributed by atoms with van der Waals surface area (Å²) in [7, 11) is 0. The van der Waals surface area contributed by atoms with E-state index in [0.29, 0.717) is 19.5 Å². The van der Waals surface area contributed by atoms with Crippen LogP contribution in [0, 0.1) is 0 Å². The number of halogens is 3. The lowest BCUT2D eigenvalue weighted by molar-refractivity contribution is -0.190. The van der Waals surface area contributed by atoms with E-state index in [9.17, 15) is 18.0 Å². The lowest BCUT2D eigenvalue weighted by Gasteiger charge is -2.37. The summed E-state index contributed by atoms with van der Waals surface area (Å²) >= 11 is 0. The Morgan fingerprint density at radius 3 is 2.53 bits per heavy atom. The van der Waals surface area contributed by atoms with Gasteiger partial charge in [0, 0.05) is 18.6 Å². The van der Waals surface area contributed by atoms with Gasteiger partial charge in [0.1, 0.15) is 0 Å². The maximum atomic E-state index is 12.3. The Morgan fingerprint density at radius 2 is 2.00 bits per heavy atom. The quantitative estimate of drug-likeness (QED) is 0.669. The Kier molecular flexibility index (Phi) is 3.28. The highest BCUT2D eigenvalue weighted by atomic mass is 19.4. The van der Waals surface area contributed by atoms with E-state index in [0.717, 1.165) is 4.90 Å². The Labute approximate surface area is 86.6 Å². The summed E-state index contributed by atoms with van der Waals surface area (Å²) in [5.41, 5.74) is -0.789. The highest BCUT2D eigenvalue weighted by Crippen LogP contribution is 2.25. The third kappa shape index (κ3) is 2.84. The van der Waals surface area contributed by atoms with Crippen LogP contribution >= 0.6 is 0 Å². The van der Waals surface area contributed by atoms with E-state index in [1.165, 1.54) is 0 Å². The summed E-state index contributed by atoms with van der Waals surface area (Å²) in [6.45, 7) is 4.45. The minimum Gasteiger partial charge on any atom is -0.328 e. The number of hydrogen-bond acceptors (Lipinski definition) is 2. The average Bonchev–Trinajstić information content (AvgIpc) is 2.23. The van der Waals surface area contributed by atoms with Crippen LogP contribution in [-0.2, 0) is 4.79 Å². The normalized spacial score (nSPS) is 22.3. The van der Waals surface area contributed by atoms with Crippen molar-refractivity contribution in [2.45, 2.75) is 32.0 Å². The zero-order valence-corrected chi connectivity index (χ0v) is 8.82. The smallest absolute Gasteiger partial charge is 0.328 e. The number of amides is 1. The number of carbonyl (C=O) groups excluding carboxylic acids is 1. The summed E-state index contributed by atoms with van der Waals surface area (Å²) in [6, 6.07) is 0. The molecule has 3 nitrogen and oxygen atoms in total. The predicted molar refractivity (Wildman–Crippen MR) is 49.3 cm³/mol. The van der Waals surface area contributed by atoms with Gasteiger partial charge in [-0.3, -0.25) is 4.79 Å². The molecule has 0 radical (unpaired) electrons. The second kappa shape index (κ2) is 4.00. The highest BCUT2D eigenvalue weighted by molar-refractivity contribution is 5.82. The highest BCUT2D eigenvalue weighted by Gasteiger charge is 2.46. The molecule has 0 saturated carbocycles. The SMILES string of the molecule is CC1(C)CNCCCN1C(=O)C(F)(F)F. The molecule has 0 aromatic rings. The Balaban J connectivity index is 2.85. The van der Waals surface area contributed by atoms with Gasteiger partial charge in [-0.15, -0.1) is 0 Å². The van der Waals surface area contributed by atoms with Gasteiger partial charge in [-0.05, 0) is 26.8 Å². The predicted octanol–water partition coefficient (Wildman–Crippen LogP) is 1.15. The summed E-state index contributed by atoms with van der Waals surface area (Å²) in [6.07, 6.45) is -4.23. The van der Waals surface area contributed by atoms with Crippen LogP contribution in [0.15, 0.2) is 0 Å². The lowest BCUT2D eigenvalue weighted by Crippen LogP contribution is -2.55. The molecule has 1 fully saturated rings. The fraction of sp³-hybridized carbons (Fsp3) is 0.889. The minimum absolute atomic E-state index is 0.151. The second-order valence-electron chi connectivity index (χ2n) is 4.30. The van der Waals surface area contributed by atoms with Gasteiger partial charge >= 0.3 is 12.1 Å². The Hall–Kier alpha value is -0.780. The molecule has 1 saturated heterocycles. The molecule has 15 heavy (non-hydrogen) atoms. The van der Waals surface area contributed by atoms with Gasteiger partial charge in [-0.25, -0.2) is 0 Å². The molecule has 1 aliphatic rings. The first-order chi connectivity index (χ1) is 6.75. The minimum atomic E-state index is -4.78. The number of hydrogen-bond donors (Lipinski definition) is 1. The molecule has 1 rings (SSSR count). The zero-order chi connectivity index (χ0) is 11.7. The Morgan fingerprint density at radius 1 is 1.40 bits per heavy atom. The molecular weight excluding hydrogens is 209 g/mol. The van der Waals surface area contributed by atoms with E-state index < -0.39 is 17.6 Å². The standard InChI is InChI=1S/C9H15F3N2O/c1-8(2)6-13-4-3-5-14(8)7(15)9(10,11)12/h13H,3-6H2,1-2H3. The van der Waals surface area contributed by atoms with Crippen molar-refractivity contribution >= 4 is 5.91 Å². The van der Waals surface area contributed by atoms with Gasteiger partial charge in [0.25, 0.3) is 0 Å². The van der Waals surface area contributed by atoms with Gasteiger partial charge in [0.05, 0.1) is 0 Å². The lowest BCUT2D eigenvalue weighted by atomic mass is 10.0. The van der Waals surface area contributed by atoms with Gasteiger partial charge in [-0.1, -0.05) is 0 Å². The average molecular weight is 224 g/mol. The molecule has 1 heterocycles. The van der Waals surface area contributed by atoms with Gasteiger partial charge in [0.2, 0.25) is 0 Å². The van der Waals surface area contributed by atoms with Crippen LogP contribution in [0.2, 0.25) is 0 Å². The molecule has 1 amide bonds. The Bertz CT molecular complexity index is 250. The topological polar surface area (TPSA) is 32.3 Å². The van der Waals surface area contributed by atoms with Crippen LogP contribution in [0.3, 0.4) is 0 Å². The van der Waals surface area contributed by atoms with Crippen molar-refractivity contribution < 1.29 is 18.0 Å². The van der Waals surface area contributed by atoms with Crippen molar-refractivity contribution in [2.75, 3.05) is 19.6 Å². The fourth-order valence-electron chi connectivity index (χ4n) is 1.68. The molecule has 0 aromatic heterocycles. The first-order valence-electron chi connectivity index (χ1n) is 4.85. The largest absolute Gasteiger partial charge is 0.471 e. The fourth-order valence-corrected chi connectivity index (χ4v) is 1.68. The van der Waals surface area contributed by atoms with Crippen molar-refractivity contribution in [2.24, 2.45) is 0 Å². The van der Waals surface area contributed by atoms with Crippen molar-refractivity contribution in [3.05, 3.63) is 0 Å². The third-order valence-electron chi connectivity index (χ3n) is 2.51. The molecular formula is C9H15F3N2O. The van der Waals surface area contributed by atoms with E-state index in [1.807, 2.05) is 0 Å². The van der Waals surface area contributed by atoms with Crippen LogP contribution < -0.4 is 5.32 Å². The molecule has 0 unspecified atom stereocenters. The number of rotatable bonds is 0. The number of nitrogens with zero attached hydrogens (tertiary/aromatic N) is 1. The maximum Gasteiger partial charge on any atom is 0.471 e. The van der Waals surface area contributed by atoms with Crippen LogP contribution in [0.1, 0.15) is 20.3 Å². The molecule has 0 aliphatic carbocycles. The summed E-state index contributed by atoms with van der Waals surface area (Å²) < 4.78 is 36.9. The molecule has 6 heteroatoms. The molecule has 0 spiro atoms. The van der Waals surface area contributed by atoms with Gasteiger partial charge < -0.3 is 10.2 Å². The molecule has 1 N–H and O–H groups in total. The van der Waals surface area contributed by atoms with Gasteiger partial charge in [0.15, 0.2) is 0 Å². The first-order valence-corrected chi connectivity index (χ1v) is 4.85. The van der Waals surface area contributed by atoms with E-state index >= 15 is 0 Å². The van der Waals surface area contributed by atoms with Crippen LogP contribution in [0.25, 0.3) is 0 Å². The van der Waals surface area contributed by atoms with Gasteiger partial charge in [-0.2, -0.15) is 13.2 Å². The summed E-state index contributed by atoms with van der Waals surface area (Å²) in [5, 5.41) is 3.01. The van der Waals surface area contributed by atoms with Crippen molar-refractivity contribution in [1.29, 1.82) is 0 Å². The first kappa shape index (κ1) is 12.3. The molecule has 88 valence electrons.